The molecule has 1 heterocycles. The molecule has 2 saturated carbocycles. The van der Waals surface area contributed by atoms with Crippen LogP contribution in [0.2, 0.25) is 0 Å². The summed E-state index contributed by atoms with van der Waals surface area (Å²) in [7, 11) is 0. The van der Waals surface area contributed by atoms with Gasteiger partial charge in [0.2, 0.25) is 5.91 Å². The molecule has 2 aliphatic carbocycles. The lowest BCUT2D eigenvalue weighted by atomic mass is 9.88. The zero-order valence-electron chi connectivity index (χ0n) is 9.45. The minimum atomic E-state index is -0.181. The second kappa shape index (κ2) is 3.75. The first-order chi connectivity index (χ1) is 7.72. The van der Waals surface area contributed by atoms with E-state index in [1.807, 2.05) is 4.90 Å². The average Bonchev–Trinajstić information content (AvgIpc) is 2.84. The number of hydrogen-bond acceptors (Lipinski definition) is 2. The first-order valence-electron chi connectivity index (χ1n) is 6.31. The van der Waals surface area contributed by atoms with Gasteiger partial charge in [0.05, 0.1) is 0 Å². The van der Waals surface area contributed by atoms with Crippen molar-refractivity contribution < 1.29 is 9.59 Å². The van der Waals surface area contributed by atoms with Gasteiger partial charge in [-0.25, -0.2) is 4.79 Å². The number of rotatable bonds is 2. The molecule has 16 heavy (non-hydrogen) atoms. The standard InChI is InChI=1S/C12H18N2O2/c15-11-3-4-14(12(16)13-11)7-10-6-8-1-2-9(10)5-8/h8-10H,1-7H2,(H,13,15,16). The Morgan fingerprint density at radius 1 is 1.25 bits per heavy atom. The molecule has 0 radical (unpaired) electrons. The van der Waals surface area contributed by atoms with Crippen LogP contribution in [0.5, 0.6) is 0 Å². The number of nitrogens with one attached hydrogen (secondary N) is 1. The van der Waals surface area contributed by atoms with E-state index in [4.69, 9.17) is 0 Å². The average molecular weight is 222 g/mol. The number of carbonyl (C=O) groups is 2. The van der Waals surface area contributed by atoms with Gasteiger partial charge in [0.1, 0.15) is 0 Å². The predicted octanol–water partition coefficient (Wildman–Crippen LogP) is 1.36. The zero-order valence-corrected chi connectivity index (χ0v) is 9.45. The van der Waals surface area contributed by atoms with Crippen LogP contribution in [0.25, 0.3) is 0 Å². The molecule has 1 saturated heterocycles. The quantitative estimate of drug-likeness (QED) is 0.767. The first kappa shape index (κ1) is 10.1. The Hall–Kier alpha value is -1.06. The van der Waals surface area contributed by atoms with Crippen molar-refractivity contribution in [3.63, 3.8) is 0 Å². The SMILES string of the molecule is O=C1CCN(CC2CC3CCC2C3)C(=O)N1. The molecule has 0 aromatic carbocycles. The fourth-order valence-corrected chi connectivity index (χ4v) is 3.66. The number of hydrogen-bond donors (Lipinski definition) is 1. The molecule has 3 atom stereocenters. The van der Waals surface area contributed by atoms with Crippen molar-refractivity contribution in [3.8, 4) is 0 Å². The monoisotopic (exact) mass is 222 g/mol. The van der Waals surface area contributed by atoms with Crippen LogP contribution in [0.3, 0.4) is 0 Å². The Morgan fingerprint density at radius 2 is 2.12 bits per heavy atom. The predicted molar refractivity (Wildman–Crippen MR) is 58.7 cm³/mol. The molecule has 3 aliphatic rings. The lowest BCUT2D eigenvalue weighted by Gasteiger charge is -2.32. The third-order valence-corrected chi connectivity index (χ3v) is 4.48. The van der Waals surface area contributed by atoms with Crippen molar-refractivity contribution in [2.45, 2.75) is 32.1 Å². The highest BCUT2D eigenvalue weighted by molar-refractivity contribution is 5.96. The van der Waals surface area contributed by atoms with E-state index in [2.05, 4.69) is 5.32 Å². The number of nitrogens with zero attached hydrogens (tertiary/aromatic N) is 1. The van der Waals surface area contributed by atoms with Crippen LogP contribution in [0.15, 0.2) is 0 Å². The molecule has 3 unspecified atom stereocenters. The highest BCUT2D eigenvalue weighted by Gasteiger charge is 2.40. The van der Waals surface area contributed by atoms with Crippen molar-refractivity contribution in [2.24, 2.45) is 17.8 Å². The maximum atomic E-state index is 11.6. The van der Waals surface area contributed by atoms with Crippen LogP contribution in [-0.2, 0) is 4.79 Å². The van der Waals surface area contributed by atoms with Gasteiger partial charge in [0, 0.05) is 19.5 Å². The van der Waals surface area contributed by atoms with Crippen molar-refractivity contribution in [1.82, 2.24) is 10.2 Å². The Bertz CT molecular complexity index is 329. The molecular formula is C12H18N2O2. The maximum Gasteiger partial charge on any atom is 0.324 e. The van der Waals surface area contributed by atoms with Crippen molar-refractivity contribution in [2.75, 3.05) is 13.1 Å². The number of fused-ring (bicyclic) bond motifs is 2. The van der Waals surface area contributed by atoms with E-state index in [0.29, 0.717) is 18.9 Å². The topological polar surface area (TPSA) is 49.4 Å². The van der Waals surface area contributed by atoms with Crippen LogP contribution < -0.4 is 5.32 Å². The summed E-state index contributed by atoms with van der Waals surface area (Å²) in [5.41, 5.74) is 0. The van der Waals surface area contributed by atoms with Gasteiger partial charge < -0.3 is 4.90 Å². The third kappa shape index (κ3) is 1.70. The van der Waals surface area contributed by atoms with Gasteiger partial charge in [-0.15, -0.1) is 0 Å². The lowest BCUT2D eigenvalue weighted by molar-refractivity contribution is -0.121. The second-order valence-corrected chi connectivity index (χ2v) is 5.48. The summed E-state index contributed by atoms with van der Waals surface area (Å²) < 4.78 is 0. The molecule has 88 valence electrons. The summed E-state index contributed by atoms with van der Waals surface area (Å²) in [6.45, 7) is 1.47. The number of imide groups is 1. The normalized spacial score (nSPS) is 38.0. The van der Waals surface area contributed by atoms with Gasteiger partial charge in [-0.3, -0.25) is 10.1 Å². The third-order valence-electron chi connectivity index (χ3n) is 4.48. The van der Waals surface area contributed by atoms with Gasteiger partial charge in [-0.1, -0.05) is 6.42 Å². The molecular weight excluding hydrogens is 204 g/mol. The van der Waals surface area contributed by atoms with E-state index in [0.717, 1.165) is 18.4 Å². The van der Waals surface area contributed by atoms with Gasteiger partial charge in [-0.2, -0.15) is 0 Å². The number of amides is 3. The molecule has 1 aliphatic heterocycles. The second-order valence-electron chi connectivity index (χ2n) is 5.48. The maximum absolute atomic E-state index is 11.6. The zero-order chi connectivity index (χ0) is 11.1. The van der Waals surface area contributed by atoms with Gasteiger partial charge in [-0.05, 0) is 37.0 Å². The largest absolute Gasteiger partial charge is 0.324 e. The molecule has 4 nitrogen and oxygen atoms in total. The molecule has 3 fully saturated rings. The van der Waals surface area contributed by atoms with E-state index < -0.39 is 0 Å². The van der Waals surface area contributed by atoms with Gasteiger partial charge in [0.15, 0.2) is 0 Å². The summed E-state index contributed by atoms with van der Waals surface area (Å²) in [5, 5.41) is 2.40. The van der Waals surface area contributed by atoms with E-state index in [1.54, 1.807) is 0 Å². The molecule has 4 heteroatoms. The molecule has 3 amide bonds. The van der Waals surface area contributed by atoms with Crippen molar-refractivity contribution >= 4 is 11.9 Å². The Balaban J connectivity index is 1.58. The van der Waals surface area contributed by atoms with Gasteiger partial charge >= 0.3 is 6.03 Å². The highest BCUT2D eigenvalue weighted by atomic mass is 16.2. The molecule has 1 N–H and O–H groups in total. The van der Waals surface area contributed by atoms with Crippen LogP contribution in [-0.4, -0.2) is 29.9 Å². The van der Waals surface area contributed by atoms with E-state index in [9.17, 15) is 9.59 Å². The van der Waals surface area contributed by atoms with E-state index >= 15 is 0 Å². The van der Waals surface area contributed by atoms with Crippen molar-refractivity contribution in [1.29, 1.82) is 0 Å². The number of urea groups is 1. The molecule has 0 aromatic rings. The summed E-state index contributed by atoms with van der Waals surface area (Å²) in [6.07, 6.45) is 5.88. The fourth-order valence-electron chi connectivity index (χ4n) is 3.66. The van der Waals surface area contributed by atoms with Crippen molar-refractivity contribution in [3.05, 3.63) is 0 Å². The number of carbonyl (C=O) groups excluding carboxylic acids is 2. The molecule has 0 aromatic heterocycles. The van der Waals surface area contributed by atoms with Gasteiger partial charge in [0.25, 0.3) is 0 Å². The molecule has 3 rings (SSSR count). The molecule has 0 spiro atoms. The van der Waals surface area contributed by atoms with Crippen LogP contribution in [0.1, 0.15) is 32.1 Å². The lowest BCUT2D eigenvalue weighted by Crippen LogP contribution is -2.51. The minimum absolute atomic E-state index is 0.130. The fraction of sp³-hybridized carbons (Fsp3) is 0.833. The summed E-state index contributed by atoms with van der Waals surface area (Å²) in [6, 6.07) is -0.181. The minimum Gasteiger partial charge on any atom is -0.324 e. The Kier molecular flexibility index (Phi) is 2.37. The summed E-state index contributed by atoms with van der Waals surface area (Å²) >= 11 is 0. The smallest absolute Gasteiger partial charge is 0.324 e. The van der Waals surface area contributed by atoms with Crippen LogP contribution >= 0.6 is 0 Å². The van der Waals surface area contributed by atoms with Crippen LogP contribution in [0.4, 0.5) is 4.79 Å². The Labute approximate surface area is 95.4 Å². The van der Waals surface area contributed by atoms with E-state index in [-0.39, 0.29) is 11.9 Å². The Morgan fingerprint density at radius 3 is 2.75 bits per heavy atom. The highest BCUT2D eigenvalue weighted by Crippen LogP contribution is 2.48. The molecule has 2 bridgehead atoms. The summed E-state index contributed by atoms with van der Waals surface area (Å²) in [4.78, 5) is 24.4. The first-order valence-corrected chi connectivity index (χ1v) is 6.31. The van der Waals surface area contributed by atoms with Crippen LogP contribution in [0, 0.1) is 17.8 Å². The summed E-state index contributed by atoms with van der Waals surface area (Å²) in [5.74, 6) is 2.33. The van der Waals surface area contributed by atoms with E-state index in [1.165, 1.54) is 25.7 Å².